The number of thioether (sulfide) groups is 1. The van der Waals surface area contributed by atoms with Gasteiger partial charge in [0.05, 0.1) is 15.6 Å². The number of fused-ring (bicyclic) bond motifs is 2. The molecule has 36 heavy (non-hydrogen) atoms. The molecule has 6 nitrogen and oxygen atoms in total. The van der Waals surface area contributed by atoms with Gasteiger partial charge >= 0.3 is 0 Å². The van der Waals surface area contributed by atoms with Crippen molar-refractivity contribution in [3.63, 3.8) is 0 Å². The second kappa shape index (κ2) is 10.7. The Morgan fingerprint density at radius 2 is 1.72 bits per heavy atom. The summed E-state index contributed by atoms with van der Waals surface area (Å²) in [4.78, 5) is 3.27. The van der Waals surface area contributed by atoms with Crippen molar-refractivity contribution in [3.8, 4) is 5.75 Å². The zero-order chi connectivity index (χ0) is 25.9. The third-order valence-corrected chi connectivity index (χ3v) is 7.86. The van der Waals surface area contributed by atoms with E-state index in [1.54, 1.807) is 30.0 Å². The molecule has 0 fully saturated rings. The van der Waals surface area contributed by atoms with Gasteiger partial charge in [0.2, 0.25) is 11.2 Å². The van der Waals surface area contributed by atoms with Gasteiger partial charge in [0.1, 0.15) is 22.4 Å². The highest BCUT2D eigenvalue weighted by atomic mass is 32.2. The van der Waals surface area contributed by atoms with Gasteiger partial charge in [-0.1, -0.05) is 41.6 Å². The summed E-state index contributed by atoms with van der Waals surface area (Å²) < 4.78 is 33.5. The molecule has 1 aliphatic heterocycles. The SMILES string of the molecule is CCN1/C(=C/c2ccc3ccccc3[n+]2CC)Sc2ccc(O)cc21.Cc1ccc(S(=O)(=O)[O-])cc1. The number of anilines is 1. The van der Waals surface area contributed by atoms with Crippen LogP contribution in [0.2, 0.25) is 0 Å². The van der Waals surface area contributed by atoms with Crippen LogP contribution in [-0.2, 0) is 16.7 Å². The Bertz CT molecular complexity index is 1530. The number of hydrogen-bond acceptors (Lipinski definition) is 6. The number of pyridine rings is 1. The smallest absolute Gasteiger partial charge is 0.212 e. The molecule has 3 aromatic carbocycles. The summed E-state index contributed by atoms with van der Waals surface area (Å²) >= 11 is 1.76. The standard InChI is InChI=1S/C21H20N2OS.C7H8O3S/c1-3-22-16(10-9-15-7-5-6-8-18(15)22)13-21-23(4-2)19-14-17(24)11-12-20(19)25-21;1-6-2-4-7(5-3-6)11(8,9)10/h5-14H,3-4H2,1-2H3;2-5H,1H3,(H,8,9,10). The minimum atomic E-state index is -4.27. The van der Waals surface area contributed by atoms with E-state index in [0.29, 0.717) is 5.75 Å². The largest absolute Gasteiger partial charge is 0.744 e. The molecule has 0 radical (unpaired) electrons. The predicted octanol–water partition coefficient (Wildman–Crippen LogP) is 5.68. The predicted molar refractivity (Wildman–Crippen MR) is 144 cm³/mol. The summed E-state index contributed by atoms with van der Waals surface area (Å²) in [5, 5.41) is 12.3. The van der Waals surface area contributed by atoms with Crippen LogP contribution in [0.1, 0.15) is 25.1 Å². The van der Waals surface area contributed by atoms with Gasteiger partial charge in [-0.15, -0.1) is 0 Å². The first-order valence-corrected chi connectivity index (χ1v) is 13.9. The maximum atomic E-state index is 10.4. The molecule has 0 spiro atoms. The van der Waals surface area contributed by atoms with E-state index in [2.05, 4.69) is 65.8 Å². The van der Waals surface area contributed by atoms with E-state index in [4.69, 9.17) is 0 Å². The number of hydrogen-bond donors (Lipinski definition) is 1. The van der Waals surface area contributed by atoms with E-state index in [9.17, 15) is 18.1 Å². The average molecular weight is 521 g/mol. The van der Waals surface area contributed by atoms with Crippen LogP contribution in [0.5, 0.6) is 5.75 Å². The second-order valence-electron chi connectivity index (χ2n) is 8.31. The Labute approximate surface area is 216 Å². The second-order valence-corrected chi connectivity index (χ2v) is 10.8. The summed E-state index contributed by atoms with van der Waals surface area (Å²) in [6.07, 6.45) is 2.25. The summed E-state index contributed by atoms with van der Waals surface area (Å²) in [6.45, 7) is 7.93. The van der Waals surface area contributed by atoms with E-state index in [1.807, 2.05) is 19.1 Å². The van der Waals surface area contributed by atoms with Gasteiger partial charge in [0, 0.05) is 41.1 Å². The average Bonchev–Trinajstić information content (AvgIpc) is 3.20. The highest BCUT2D eigenvalue weighted by molar-refractivity contribution is 8.03. The molecule has 0 unspecified atom stereocenters. The molecular weight excluding hydrogens is 492 g/mol. The molecule has 8 heteroatoms. The number of phenolic OH excluding ortho intramolecular Hbond substituents is 1. The Hall–Kier alpha value is -3.33. The van der Waals surface area contributed by atoms with Crippen LogP contribution < -0.4 is 9.47 Å². The maximum Gasteiger partial charge on any atom is 0.212 e. The molecule has 0 saturated carbocycles. The Morgan fingerprint density at radius 3 is 2.39 bits per heavy atom. The molecule has 0 bridgehead atoms. The van der Waals surface area contributed by atoms with Crippen molar-refractivity contribution in [2.24, 2.45) is 0 Å². The Morgan fingerprint density at radius 1 is 1.00 bits per heavy atom. The quantitative estimate of drug-likeness (QED) is 0.275. The van der Waals surface area contributed by atoms with Crippen LogP contribution in [0.25, 0.3) is 17.0 Å². The number of aromatic nitrogens is 1. The first-order valence-electron chi connectivity index (χ1n) is 11.7. The molecule has 0 amide bonds. The third kappa shape index (κ3) is 5.56. The molecule has 0 atom stereocenters. The van der Waals surface area contributed by atoms with E-state index in [-0.39, 0.29) is 4.90 Å². The van der Waals surface area contributed by atoms with Crippen LogP contribution in [0.15, 0.2) is 93.7 Å². The van der Waals surface area contributed by atoms with Crippen molar-refractivity contribution in [1.29, 1.82) is 0 Å². The number of phenols is 1. The molecule has 0 saturated heterocycles. The van der Waals surface area contributed by atoms with Crippen LogP contribution >= 0.6 is 11.8 Å². The van der Waals surface area contributed by atoms with Gasteiger partial charge < -0.3 is 14.6 Å². The first kappa shape index (κ1) is 25.8. The minimum Gasteiger partial charge on any atom is -0.744 e. The Kier molecular flexibility index (Phi) is 7.68. The van der Waals surface area contributed by atoms with Crippen LogP contribution in [-0.4, -0.2) is 24.6 Å². The zero-order valence-corrected chi connectivity index (χ0v) is 22.0. The third-order valence-electron chi connectivity index (χ3n) is 5.90. The fourth-order valence-electron chi connectivity index (χ4n) is 4.11. The van der Waals surface area contributed by atoms with Crippen LogP contribution in [0, 0.1) is 6.92 Å². The van der Waals surface area contributed by atoms with Crippen molar-refractivity contribution >= 4 is 44.5 Å². The lowest BCUT2D eigenvalue weighted by Crippen LogP contribution is -2.36. The number of rotatable bonds is 4. The minimum absolute atomic E-state index is 0.178. The number of aryl methyl sites for hydroxylation is 2. The lowest BCUT2D eigenvalue weighted by molar-refractivity contribution is -0.669. The number of aromatic hydroxyl groups is 1. The van der Waals surface area contributed by atoms with Gasteiger partial charge in [-0.3, -0.25) is 0 Å². The summed E-state index contributed by atoms with van der Waals surface area (Å²) in [6, 6.07) is 24.2. The van der Waals surface area contributed by atoms with Gasteiger partial charge in [0.25, 0.3) is 0 Å². The van der Waals surface area contributed by atoms with Crippen molar-refractivity contribution in [1.82, 2.24) is 0 Å². The fourth-order valence-corrected chi connectivity index (χ4v) is 5.73. The molecule has 0 aliphatic carbocycles. The molecule has 1 aromatic heterocycles. The highest BCUT2D eigenvalue weighted by Gasteiger charge is 2.26. The van der Waals surface area contributed by atoms with Crippen LogP contribution in [0.3, 0.4) is 0 Å². The van der Waals surface area contributed by atoms with E-state index < -0.39 is 10.1 Å². The topological polar surface area (TPSA) is 84.5 Å². The maximum absolute atomic E-state index is 10.4. The highest BCUT2D eigenvalue weighted by Crippen LogP contribution is 2.47. The monoisotopic (exact) mass is 520 g/mol. The normalized spacial score (nSPS) is 14.0. The lowest BCUT2D eigenvalue weighted by Gasteiger charge is -2.17. The summed E-state index contributed by atoms with van der Waals surface area (Å²) in [5.74, 6) is 0.313. The van der Waals surface area contributed by atoms with Gasteiger partial charge in [-0.25, -0.2) is 8.42 Å². The summed E-state index contributed by atoms with van der Waals surface area (Å²) in [7, 11) is -4.27. The summed E-state index contributed by atoms with van der Waals surface area (Å²) in [5.41, 5.74) is 4.46. The molecule has 1 aliphatic rings. The van der Waals surface area contributed by atoms with Gasteiger partial charge in [0.15, 0.2) is 0 Å². The van der Waals surface area contributed by atoms with E-state index >= 15 is 0 Å². The van der Waals surface area contributed by atoms with Gasteiger partial charge in [-0.05, 0) is 57.2 Å². The number of nitrogens with zero attached hydrogens (tertiary/aromatic N) is 2. The fraction of sp³-hybridized carbons (Fsp3) is 0.179. The number of para-hydroxylation sites is 1. The van der Waals surface area contributed by atoms with E-state index in [1.165, 1.54) is 38.7 Å². The molecular formula is C28H28N2O4S2. The molecule has 4 aromatic rings. The van der Waals surface area contributed by atoms with Crippen molar-refractivity contribution < 1.29 is 22.6 Å². The molecule has 5 rings (SSSR count). The van der Waals surface area contributed by atoms with Crippen LogP contribution in [0.4, 0.5) is 5.69 Å². The van der Waals surface area contributed by atoms with E-state index in [0.717, 1.165) is 24.3 Å². The van der Waals surface area contributed by atoms with Crippen molar-refractivity contribution in [2.45, 2.75) is 37.1 Å². The zero-order valence-electron chi connectivity index (χ0n) is 20.4. The molecule has 2 heterocycles. The first-order chi connectivity index (χ1) is 17.2. The molecule has 1 N–H and O–H groups in total. The lowest BCUT2D eigenvalue weighted by atomic mass is 10.2. The van der Waals surface area contributed by atoms with Crippen molar-refractivity contribution in [2.75, 3.05) is 11.4 Å². The molecule has 186 valence electrons. The number of benzene rings is 3. The van der Waals surface area contributed by atoms with Gasteiger partial charge in [-0.2, -0.15) is 4.57 Å². The Balaban J connectivity index is 0.000000233. The van der Waals surface area contributed by atoms with Crippen molar-refractivity contribution in [3.05, 3.63) is 95.1 Å².